The zero-order valence-electron chi connectivity index (χ0n) is 15.2. The highest BCUT2D eigenvalue weighted by atomic mass is 32.1. The molecule has 2 aromatic heterocycles. The quantitative estimate of drug-likeness (QED) is 0.682. The number of fused-ring (bicyclic) bond motifs is 1. The normalized spacial score (nSPS) is 10.8. The fourth-order valence-electron chi connectivity index (χ4n) is 2.66. The van der Waals surface area contributed by atoms with E-state index in [2.05, 4.69) is 10.3 Å². The summed E-state index contributed by atoms with van der Waals surface area (Å²) in [6.07, 6.45) is 1.32. The number of rotatable bonds is 5. The van der Waals surface area contributed by atoms with Gasteiger partial charge in [0.2, 0.25) is 5.91 Å². The Morgan fingerprint density at radius 3 is 2.59 bits per heavy atom. The molecule has 7 nitrogen and oxygen atoms in total. The SMILES string of the molecule is CCOC(=O)c1sc2ncn(CC(=O)Nc3ccc(C)cc3)c(=O)c2c1C. The summed E-state index contributed by atoms with van der Waals surface area (Å²) in [5.74, 6) is -0.804. The van der Waals surface area contributed by atoms with Crippen LogP contribution in [0.25, 0.3) is 10.2 Å². The number of hydrogen-bond acceptors (Lipinski definition) is 6. The number of nitrogens with one attached hydrogen (secondary N) is 1. The maximum Gasteiger partial charge on any atom is 0.348 e. The van der Waals surface area contributed by atoms with E-state index in [1.54, 1.807) is 26.0 Å². The number of amides is 1. The van der Waals surface area contributed by atoms with E-state index in [0.29, 0.717) is 26.3 Å². The molecule has 0 atom stereocenters. The van der Waals surface area contributed by atoms with Crippen LogP contribution in [0.2, 0.25) is 0 Å². The first kappa shape index (κ1) is 18.8. The van der Waals surface area contributed by atoms with Crippen molar-refractivity contribution in [1.82, 2.24) is 9.55 Å². The van der Waals surface area contributed by atoms with Crippen LogP contribution in [0.5, 0.6) is 0 Å². The summed E-state index contributed by atoms with van der Waals surface area (Å²) < 4.78 is 6.26. The van der Waals surface area contributed by atoms with Crippen molar-refractivity contribution in [1.29, 1.82) is 0 Å². The van der Waals surface area contributed by atoms with E-state index >= 15 is 0 Å². The van der Waals surface area contributed by atoms with Crippen molar-refractivity contribution >= 4 is 39.1 Å². The summed E-state index contributed by atoms with van der Waals surface area (Å²) in [6.45, 7) is 5.45. The van der Waals surface area contributed by atoms with Crippen molar-refractivity contribution in [2.24, 2.45) is 0 Å². The highest BCUT2D eigenvalue weighted by molar-refractivity contribution is 7.20. The first-order chi connectivity index (χ1) is 12.9. The molecule has 0 spiro atoms. The van der Waals surface area contributed by atoms with E-state index in [4.69, 9.17) is 4.74 Å². The second kappa shape index (κ2) is 7.71. The molecule has 140 valence electrons. The summed E-state index contributed by atoms with van der Waals surface area (Å²) in [5, 5.41) is 3.09. The van der Waals surface area contributed by atoms with Gasteiger partial charge in [0.25, 0.3) is 5.56 Å². The first-order valence-corrected chi connectivity index (χ1v) is 9.24. The fourth-order valence-corrected chi connectivity index (χ4v) is 3.69. The molecule has 2 heterocycles. The molecule has 0 bridgehead atoms. The maximum absolute atomic E-state index is 12.8. The van der Waals surface area contributed by atoms with Crippen LogP contribution < -0.4 is 10.9 Å². The minimum atomic E-state index is -0.471. The number of thiophene rings is 1. The standard InChI is InChI=1S/C19H19N3O4S/c1-4-26-19(25)16-12(3)15-17(27-16)20-10-22(18(15)24)9-14(23)21-13-7-5-11(2)6-8-13/h5-8,10H,4,9H2,1-3H3,(H,21,23). The Hall–Kier alpha value is -3.00. The van der Waals surface area contributed by atoms with Gasteiger partial charge < -0.3 is 10.1 Å². The molecule has 3 rings (SSSR count). The van der Waals surface area contributed by atoms with Gasteiger partial charge in [0.05, 0.1) is 18.3 Å². The van der Waals surface area contributed by atoms with Crippen LogP contribution in [0.3, 0.4) is 0 Å². The molecule has 0 fully saturated rings. The van der Waals surface area contributed by atoms with Crippen molar-refractivity contribution in [2.45, 2.75) is 27.3 Å². The van der Waals surface area contributed by atoms with E-state index in [1.807, 2.05) is 19.1 Å². The van der Waals surface area contributed by atoms with Crippen LogP contribution in [0, 0.1) is 13.8 Å². The van der Waals surface area contributed by atoms with Gasteiger partial charge in [0, 0.05) is 5.69 Å². The smallest absolute Gasteiger partial charge is 0.348 e. The van der Waals surface area contributed by atoms with Crippen LogP contribution >= 0.6 is 11.3 Å². The monoisotopic (exact) mass is 385 g/mol. The summed E-state index contributed by atoms with van der Waals surface area (Å²) in [7, 11) is 0. The minimum absolute atomic E-state index is 0.167. The van der Waals surface area contributed by atoms with E-state index in [1.165, 1.54) is 10.9 Å². The summed E-state index contributed by atoms with van der Waals surface area (Å²) in [5.41, 5.74) is 1.91. The molecule has 1 aromatic carbocycles. The molecule has 0 aliphatic heterocycles. The van der Waals surface area contributed by atoms with Crippen LogP contribution in [-0.2, 0) is 16.1 Å². The Labute approximate surface area is 159 Å². The van der Waals surface area contributed by atoms with Crippen LogP contribution in [0.4, 0.5) is 5.69 Å². The molecule has 0 unspecified atom stereocenters. The van der Waals surface area contributed by atoms with E-state index in [9.17, 15) is 14.4 Å². The molecule has 0 saturated heterocycles. The molecule has 1 N–H and O–H groups in total. The Kier molecular flexibility index (Phi) is 5.36. The van der Waals surface area contributed by atoms with Gasteiger partial charge in [-0.1, -0.05) is 17.7 Å². The van der Waals surface area contributed by atoms with Gasteiger partial charge in [-0.2, -0.15) is 0 Å². The summed E-state index contributed by atoms with van der Waals surface area (Å²) >= 11 is 1.12. The predicted molar refractivity (Wildman–Crippen MR) is 104 cm³/mol. The average molecular weight is 385 g/mol. The second-order valence-electron chi connectivity index (χ2n) is 6.05. The number of esters is 1. The Morgan fingerprint density at radius 2 is 1.93 bits per heavy atom. The predicted octanol–water partition coefficient (Wildman–Crippen LogP) is 2.89. The van der Waals surface area contributed by atoms with Gasteiger partial charge in [0.1, 0.15) is 16.3 Å². The molecule has 8 heteroatoms. The van der Waals surface area contributed by atoms with Crippen molar-refractivity contribution in [3.63, 3.8) is 0 Å². The van der Waals surface area contributed by atoms with Gasteiger partial charge >= 0.3 is 5.97 Å². The van der Waals surface area contributed by atoms with E-state index in [0.717, 1.165) is 16.9 Å². The van der Waals surface area contributed by atoms with Crippen LogP contribution in [0.15, 0.2) is 35.4 Å². The van der Waals surface area contributed by atoms with Crippen molar-refractivity contribution < 1.29 is 14.3 Å². The van der Waals surface area contributed by atoms with Gasteiger partial charge in [-0.25, -0.2) is 9.78 Å². The topological polar surface area (TPSA) is 90.3 Å². The molecule has 1 amide bonds. The molecule has 0 radical (unpaired) electrons. The third-order valence-corrected chi connectivity index (χ3v) is 5.21. The van der Waals surface area contributed by atoms with Crippen molar-refractivity contribution in [3.8, 4) is 0 Å². The third-order valence-electron chi connectivity index (χ3n) is 4.03. The van der Waals surface area contributed by atoms with Gasteiger partial charge in [-0.05, 0) is 38.5 Å². The lowest BCUT2D eigenvalue weighted by Gasteiger charge is -2.07. The number of aromatic nitrogens is 2. The minimum Gasteiger partial charge on any atom is -0.462 e. The molecule has 0 aliphatic carbocycles. The lowest BCUT2D eigenvalue weighted by atomic mass is 10.2. The molecule has 3 aromatic rings. The second-order valence-corrected chi connectivity index (χ2v) is 7.05. The Balaban J connectivity index is 1.87. The van der Waals surface area contributed by atoms with E-state index in [-0.39, 0.29) is 24.6 Å². The van der Waals surface area contributed by atoms with Crippen molar-refractivity contribution in [3.05, 3.63) is 57.0 Å². The highest BCUT2D eigenvalue weighted by Crippen LogP contribution is 2.27. The third kappa shape index (κ3) is 3.90. The Morgan fingerprint density at radius 1 is 1.22 bits per heavy atom. The molecular formula is C19H19N3O4S. The maximum atomic E-state index is 12.8. The van der Waals surface area contributed by atoms with Crippen molar-refractivity contribution in [2.75, 3.05) is 11.9 Å². The Bertz CT molecular complexity index is 1070. The van der Waals surface area contributed by atoms with Gasteiger partial charge in [0.15, 0.2) is 0 Å². The zero-order valence-corrected chi connectivity index (χ0v) is 16.1. The molecule has 0 saturated carbocycles. The number of nitrogens with zero attached hydrogens (tertiary/aromatic N) is 2. The van der Waals surface area contributed by atoms with E-state index < -0.39 is 5.97 Å². The average Bonchev–Trinajstić information content (AvgIpc) is 2.97. The molecule has 27 heavy (non-hydrogen) atoms. The fraction of sp³-hybridized carbons (Fsp3) is 0.263. The number of anilines is 1. The molecule has 0 aliphatic rings. The number of hydrogen-bond donors (Lipinski definition) is 1. The lowest BCUT2D eigenvalue weighted by molar-refractivity contribution is -0.116. The van der Waals surface area contributed by atoms with Crippen LogP contribution in [-0.4, -0.2) is 28.0 Å². The number of benzene rings is 1. The summed E-state index contributed by atoms with van der Waals surface area (Å²) in [6, 6.07) is 7.38. The number of ether oxygens (including phenoxy) is 1. The first-order valence-electron chi connectivity index (χ1n) is 8.43. The molecular weight excluding hydrogens is 366 g/mol. The van der Waals surface area contributed by atoms with Crippen LogP contribution in [0.1, 0.15) is 27.7 Å². The largest absolute Gasteiger partial charge is 0.462 e. The summed E-state index contributed by atoms with van der Waals surface area (Å²) in [4.78, 5) is 42.1. The number of carbonyl (C=O) groups is 2. The lowest BCUT2D eigenvalue weighted by Crippen LogP contribution is -2.27. The number of carbonyl (C=O) groups excluding carboxylic acids is 2. The van der Waals surface area contributed by atoms with Gasteiger partial charge in [-0.15, -0.1) is 11.3 Å². The zero-order chi connectivity index (χ0) is 19.6. The highest BCUT2D eigenvalue weighted by Gasteiger charge is 2.20. The van der Waals surface area contributed by atoms with Gasteiger partial charge in [-0.3, -0.25) is 14.2 Å². The number of aryl methyl sites for hydroxylation is 2.